The van der Waals surface area contributed by atoms with Gasteiger partial charge in [-0.3, -0.25) is 19.6 Å². The fraction of sp³-hybridized carbons (Fsp3) is 0.250. The number of carbonyl (C=O) groups excluding carboxylic acids is 2. The van der Waals surface area contributed by atoms with Gasteiger partial charge in [0.15, 0.2) is 0 Å². The molecule has 1 aliphatic rings. The zero-order valence-corrected chi connectivity index (χ0v) is 18.9. The van der Waals surface area contributed by atoms with E-state index in [2.05, 4.69) is 20.6 Å². The van der Waals surface area contributed by atoms with E-state index >= 15 is 0 Å². The van der Waals surface area contributed by atoms with E-state index in [0.717, 1.165) is 12.1 Å². The number of nitrogens with zero attached hydrogens (tertiary/aromatic N) is 2. The highest BCUT2D eigenvalue weighted by Crippen LogP contribution is 2.40. The minimum Gasteiger partial charge on any atom is -0.506 e. The second-order valence-corrected chi connectivity index (χ2v) is 8.10. The molecule has 1 saturated carbocycles. The van der Waals surface area contributed by atoms with Gasteiger partial charge in [0.05, 0.1) is 37.3 Å². The molecule has 1 aliphatic carbocycles. The first kappa shape index (κ1) is 24.8. The molecule has 188 valence electrons. The molecule has 3 N–H and O–H groups in total. The molecule has 9 nitrogen and oxygen atoms in total. The topological polar surface area (TPSA) is 123 Å². The molecule has 4 rings (SSSR count). The molecule has 0 spiro atoms. The standard InChI is InChI=1S/C24H21F3N4O5/c1-35-17-4-5-20(19(9-17)24(25,26)27)36-18-3-2-15(29-13-18)11-30-22(34)23(6-7-23)31-21(33)14-8-16(32)12-28-10-14/h2-5,8-10,12-13,32H,6-7,11H2,1H3,(H,30,34)(H,31,33). The van der Waals surface area contributed by atoms with Crippen molar-refractivity contribution >= 4 is 11.8 Å². The normalized spacial score (nSPS) is 14.0. The van der Waals surface area contributed by atoms with E-state index in [1.165, 1.54) is 50.0 Å². The van der Waals surface area contributed by atoms with E-state index in [4.69, 9.17) is 9.47 Å². The average molecular weight is 502 g/mol. The first-order valence-corrected chi connectivity index (χ1v) is 10.7. The van der Waals surface area contributed by atoms with Crippen molar-refractivity contribution in [1.82, 2.24) is 20.6 Å². The Morgan fingerprint density at radius 1 is 1.08 bits per heavy atom. The number of aromatic hydroxyl groups is 1. The zero-order chi connectivity index (χ0) is 25.9. The van der Waals surface area contributed by atoms with Crippen LogP contribution in [0.15, 0.2) is 55.0 Å². The van der Waals surface area contributed by atoms with Crippen LogP contribution >= 0.6 is 0 Å². The lowest BCUT2D eigenvalue weighted by Crippen LogP contribution is -2.48. The van der Waals surface area contributed by atoms with Crippen LogP contribution in [0.25, 0.3) is 0 Å². The highest BCUT2D eigenvalue weighted by Gasteiger charge is 2.51. The number of hydrogen-bond acceptors (Lipinski definition) is 7. The molecule has 0 saturated heterocycles. The van der Waals surface area contributed by atoms with Gasteiger partial charge in [-0.25, -0.2) is 0 Å². The van der Waals surface area contributed by atoms with Crippen LogP contribution in [0.1, 0.15) is 34.5 Å². The van der Waals surface area contributed by atoms with Crippen LogP contribution in [0, 0.1) is 0 Å². The van der Waals surface area contributed by atoms with Crippen LogP contribution in [0.5, 0.6) is 23.0 Å². The van der Waals surface area contributed by atoms with Crippen molar-refractivity contribution in [2.24, 2.45) is 0 Å². The maximum Gasteiger partial charge on any atom is 0.420 e. The molecule has 0 bridgehead atoms. The van der Waals surface area contributed by atoms with Gasteiger partial charge in [-0.15, -0.1) is 0 Å². The molecule has 3 aromatic rings. The van der Waals surface area contributed by atoms with Crippen LogP contribution in [-0.4, -0.2) is 39.5 Å². The number of pyridine rings is 2. The summed E-state index contributed by atoms with van der Waals surface area (Å²) in [7, 11) is 1.27. The molecule has 2 amide bonds. The first-order valence-electron chi connectivity index (χ1n) is 10.7. The zero-order valence-electron chi connectivity index (χ0n) is 18.9. The summed E-state index contributed by atoms with van der Waals surface area (Å²) in [6.45, 7) is 0.0285. The maximum atomic E-state index is 13.4. The van der Waals surface area contributed by atoms with Crippen molar-refractivity contribution in [2.75, 3.05) is 7.11 Å². The third-order valence-electron chi connectivity index (χ3n) is 5.47. The van der Waals surface area contributed by atoms with E-state index in [1.54, 1.807) is 0 Å². The Morgan fingerprint density at radius 2 is 1.83 bits per heavy atom. The Labute approximate surface area is 203 Å². The lowest BCUT2D eigenvalue weighted by molar-refractivity contribution is -0.138. The number of benzene rings is 1. The third-order valence-corrected chi connectivity index (χ3v) is 5.47. The van der Waals surface area contributed by atoms with Gasteiger partial charge in [0.1, 0.15) is 34.1 Å². The van der Waals surface area contributed by atoms with Crippen LogP contribution in [0.3, 0.4) is 0 Å². The molecule has 1 fully saturated rings. The van der Waals surface area contributed by atoms with E-state index in [0.29, 0.717) is 18.5 Å². The molecule has 2 aromatic heterocycles. The Balaban J connectivity index is 1.36. The van der Waals surface area contributed by atoms with Crippen molar-refractivity contribution in [3.8, 4) is 23.0 Å². The summed E-state index contributed by atoms with van der Waals surface area (Å²) in [6, 6.07) is 7.53. The van der Waals surface area contributed by atoms with Crippen molar-refractivity contribution in [1.29, 1.82) is 0 Å². The predicted octanol–water partition coefficient (Wildman–Crippen LogP) is 3.58. The van der Waals surface area contributed by atoms with Gasteiger partial charge in [-0.1, -0.05) is 0 Å². The Hall–Kier alpha value is -4.35. The van der Waals surface area contributed by atoms with Crippen molar-refractivity contribution in [2.45, 2.75) is 31.1 Å². The van der Waals surface area contributed by atoms with E-state index in [1.807, 2.05) is 0 Å². The smallest absolute Gasteiger partial charge is 0.420 e. The number of halogens is 3. The van der Waals surface area contributed by atoms with Gasteiger partial charge in [0.2, 0.25) is 5.91 Å². The summed E-state index contributed by atoms with van der Waals surface area (Å²) in [5, 5.41) is 14.8. The number of amides is 2. The van der Waals surface area contributed by atoms with Gasteiger partial charge in [-0.05, 0) is 49.2 Å². The summed E-state index contributed by atoms with van der Waals surface area (Å²) < 4.78 is 50.3. The lowest BCUT2D eigenvalue weighted by Gasteiger charge is -2.17. The molecule has 1 aromatic carbocycles. The number of methoxy groups -OCH3 is 1. The maximum absolute atomic E-state index is 13.4. The SMILES string of the molecule is COc1ccc(Oc2ccc(CNC(=O)C3(NC(=O)c4cncc(O)c4)CC3)nc2)c(C(F)(F)F)c1. The Kier molecular flexibility index (Phi) is 6.69. The molecule has 0 unspecified atom stereocenters. The molecule has 36 heavy (non-hydrogen) atoms. The second kappa shape index (κ2) is 9.72. The van der Waals surface area contributed by atoms with Gasteiger partial charge >= 0.3 is 6.18 Å². The summed E-state index contributed by atoms with van der Waals surface area (Å²) in [6.07, 6.45) is -0.0461. The average Bonchev–Trinajstić information content (AvgIpc) is 3.63. The largest absolute Gasteiger partial charge is 0.506 e. The number of carbonyl (C=O) groups is 2. The minimum absolute atomic E-state index is 0.0285. The van der Waals surface area contributed by atoms with Gasteiger partial charge in [0, 0.05) is 6.20 Å². The third kappa shape index (κ3) is 5.65. The van der Waals surface area contributed by atoms with E-state index < -0.39 is 34.8 Å². The lowest BCUT2D eigenvalue weighted by atomic mass is 10.2. The summed E-state index contributed by atoms with van der Waals surface area (Å²) in [4.78, 5) is 32.9. The number of rotatable bonds is 8. The quantitative estimate of drug-likeness (QED) is 0.430. The number of nitrogens with one attached hydrogen (secondary N) is 2. The van der Waals surface area contributed by atoms with Crippen LogP contribution in [0.2, 0.25) is 0 Å². The van der Waals surface area contributed by atoms with Crippen LogP contribution in [-0.2, 0) is 17.5 Å². The van der Waals surface area contributed by atoms with Gasteiger partial charge in [-0.2, -0.15) is 13.2 Å². The molecule has 0 aliphatic heterocycles. The fourth-order valence-electron chi connectivity index (χ4n) is 3.36. The molecule has 0 radical (unpaired) electrons. The summed E-state index contributed by atoms with van der Waals surface area (Å²) >= 11 is 0. The van der Waals surface area contributed by atoms with Crippen LogP contribution in [0.4, 0.5) is 13.2 Å². The van der Waals surface area contributed by atoms with E-state index in [-0.39, 0.29) is 29.4 Å². The number of hydrogen-bond donors (Lipinski definition) is 3. The number of alkyl halides is 3. The highest BCUT2D eigenvalue weighted by molar-refractivity contribution is 6.00. The predicted molar refractivity (Wildman–Crippen MR) is 119 cm³/mol. The molecule has 0 atom stereocenters. The van der Waals surface area contributed by atoms with Crippen molar-refractivity contribution in [3.63, 3.8) is 0 Å². The molecule has 2 heterocycles. The molecular formula is C24H21F3N4O5. The Morgan fingerprint density at radius 3 is 2.44 bits per heavy atom. The fourth-order valence-corrected chi connectivity index (χ4v) is 3.36. The number of ether oxygens (including phenoxy) is 2. The van der Waals surface area contributed by atoms with Gasteiger partial charge < -0.3 is 25.2 Å². The van der Waals surface area contributed by atoms with E-state index in [9.17, 15) is 27.9 Å². The summed E-state index contributed by atoms with van der Waals surface area (Å²) in [5.41, 5.74) is -1.50. The van der Waals surface area contributed by atoms with Crippen molar-refractivity contribution < 1.29 is 37.3 Å². The Bertz CT molecular complexity index is 1280. The highest BCUT2D eigenvalue weighted by atomic mass is 19.4. The van der Waals surface area contributed by atoms with Crippen LogP contribution < -0.4 is 20.1 Å². The minimum atomic E-state index is -4.65. The summed E-state index contributed by atoms with van der Waals surface area (Å²) in [5.74, 6) is -1.40. The van der Waals surface area contributed by atoms with Gasteiger partial charge in [0.25, 0.3) is 5.91 Å². The number of aromatic nitrogens is 2. The monoisotopic (exact) mass is 502 g/mol. The van der Waals surface area contributed by atoms with Crippen molar-refractivity contribution in [3.05, 3.63) is 71.8 Å². The molecular weight excluding hydrogens is 481 g/mol. The first-order chi connectivity index (χ1) is 17.1. The second-order valence-electron chi connectivity index (χ2n) is 8.10. The molecule has 12 heteroatoms.